The molecule has 21 heavy (non-hydrogen) atoms. The fraction of sp³-hybridized carbons (Fsp3) is 0.429. The molecule has 2 aromatic heterocycles. The van der Waals surface area contributed by atoms with Crippen LogP contribution in [-0.2, 0) is 12.2 Å². The summed E-state index contributed by atoms with van der Waals surface area (Å²) in [6, 6.07) is -0.199. The van der Waals surface area contributed by atoms with Gasteiger partial charge in [-0.25, -0.2) is 0 Å². The van der Waals surface area contributed by atoms with Gasteiger partial charge in [0, 0.05) is 29.4 Å². The van der Waals surface area contributed by atoms with E-state index in [4.69, 9.17) is 0 Å². The molecule has 7 heteroatoms. The Labute approximate surface area is 127 Å². The molecule has 2 N–H and O–H groups in total. The van der Waals surface area contributed by atoms with Gasteiger partial charge >= 0.3 is 0 Å². The maximum absolute atomic E-state index is 12.4. The van der Waals surface area contributed by atoms with Crippen LogP contribution in [0.2, 0.25) is 0 Å². The smallest absolute Gasteiger partial charge is 0.272 e. The van der Waals surface area contributed by atoms with Crippen molar-refractivity contribution >= 4 is 17.7 Å². The van der Waals surface area contributed by atoms with Crippen LogP contribution < -0.4 is 5.32 Å². The number of thioether (sulfide) groups is 1. The number of aromatic amines is 1. The molecule has 1 amide bonds. The molecule has 3 heterocycles. The third-order valence-corrected chi connectivity index (χ3v) is 4.57. The summed E-state index contributed by atoms with van der Waals surface area (Å²) in [6.45, 7) is 3.79. The zero-order chi connectivity index (χ0) is 14.8. The normalized spacial score (nSPS) is 15.3. The Bertz CT molecular complexity index is 669. The van der Waals surface area contributed by atoms with Crippen molar-refractivity contribution in [1.82, 2.24) is 25.5 Å². The molecule has 3 rings (SSSR count). The van der Waals surface area contributed by atoms with Crippen LogP contribution in [0, 0.1) is 6.92 Å². The Kier molecular flexibility index (Phi) is 3.92. The van der Waals surface area contributed by atoms with Gasteiger partial charge in [0.1, 0.15) is 0 Å². The van der Waals surface area contributed by atoms with Crippen molar-refractivity contribution in [2.75, 3.05) is 5.75 Å². The number of hydrogen-bond donors (Lipinski definition) is 2. The lowest BCUT2D eigenvalue weighted by Crippen LogP contribution is -2.29. The van der Waals surface area contributed by atoms with Crippen molar-refractivity contribution in [3.63, 3.8) is 0 Å². The second-order valence-corrected chi connectivity index (χ2v) is 6.16. The van der Waals surface area contributed by atoms with E-state index in [0.717, 1.165) is 40.6 Å². The highest BCUT2D eigenvalue weighted by molar-refractivity contribution is 7.98. The van der Waals surface area contributed by atoms with E-state index in [-0.39, 0.29) is 11.9 Å². The van der Waals surface area contributed by atoms with Crippen LogP contribution >= 0.6 is 11.8 Å². The fourth-order valence-corrected chi connectivity index (χ4v) is 3.48. The van der Waals surface area contributed by atoms with E-state index in [9.17, 15) is 4.79 Å². The zero-order valence-electron chi connectivity index (χ0n) is 12.0. The first kappa shape index (κ1) is 14.1. The number of aromatic nitrogens is 4. The summed E-state index contributed by atoms with van der Waals surface area (Å²) in [5, 5.41) is 10.1. The van der Waals surface area contributed by atoms with Gasteiger partial charge in [-0.05, 0) is 26.0 Å². The molecule has 0 fully saturated rings. The Balaban J connectivity index is 1.78. The molecule has 110 valence electrons. The minimum atomic E-state index is -0.199. The summed E-state index contributed by atoms with van der Waals surface area (Å²) in [4.78, 5) is 20.9. The predicted octanol–water partition coefficient (Wildman–Crippen LogP) is 1.79. The molecular weight excluding hydrogens is 286 g/mol. The first-order valence-corrected chi connectivity index (χ1v) is 8.04. The molecule has 1 aliphatic rings. The maximum Gasteiger partial charge on any atom is 0.272 e. The standard InChI is InChI=1S/C14H17N5OS/c1-8-12(16-5-4-15-8)9(2)17-14(20)13-10-7-21-6-3-11(10)18-19-13/h4-5,9H,3,6-7H2,1-2H3,(H,17,20)(H,18,19). The number of fused-ring (bicyclic) bond motifs is 1. The van der Waals surface area contributed by atoms with E-state index < -0.39 is 0 Å². The molecule has 1 unspecified atom stereocenters. The molecule has 0 aromatic carbocycles. The van der Waals surface area contributed by atoms with Gasteiger partial charge in [-0.3, -0.25) is 19.9 Å². The topological polar surface area (TPSA) is 83.6 Å². The highest BCUT2D eigenvalue weighted by Crippen LogP contribution is 2.26. The maximum atomic E-state index is 12.4. The number of hydrogen-bond acceptors (Lipinski definition) is 5. The van der Waals surface area contributed by atoms with E-state index in [0.29, 0.717) is 5.69 Å². The van der Waals surface area contributed by atoms with Gasteiger partial charge < -0.3 is 5.32 Å². The molecule has 0 radical (unpaired) electrons. The van der Waals surface area contributed by atoms with Gasteiger partial charge in [0.15, 0.2) is 5.69 Å². The number of carbonyl (C=O) groups is 1. The Hall–Kier alpha value is -1.89. The third kappa shape index (κ3) is 2.78. The molecule has 6 nitrogen and oxygen atoms in total. The Morgan fingerprint density at radius 2 is 2.24 bits per heavy atom. The summed E-state index contributed by atoms with van der Waals surface area (Å²) >= 11 is 1.83. The molecule has 0 spiro atoms. The van der Waals surface area contributed by atoms with Gasteiger partial charge in [0.25, 0.3) is 5.91 Å². The van der Waals surface area contributed by atoms with Crippen LogP contribution in [0.3, 0.4) is 0 Å². The molecule has 0 saturated heterocycles. The number of carbonyl (C=O) groups excluding carboxylic acids is 1. The second-order valence-electron chi connectivity index (χ2n) is 5.05. The molecule has 2 aromatic rings. The van der Waals surface area contributed by atoms with Crippen LogP contribution in [0.25, 0.3) is 0 Å². The zero-order valence-corrected chi connectivity index (χ0v) is 12.8. The van der Waals surface area contributed by atoms with Crippen molar-refractivity contribution < 1.29 is 4.79 Å². The van der Waals surface area contributed by atoms with Crippen LogP contribution in [0.5, 0.6) is 0 Å². The van der Waals surface area contributed by atoms with E-state index in [1.54, 1.807) is 12.4 Å². The largest absolute Gasteiger partial charge is 0.342 e. The molecule has 1 atom stereocenters. The minimum Gasteiger partial charge on any atom is -0.342 e. The summed E-state index contributed by atoms with van der Waals surface area (Å²) in [5.41, 5.74) is 4.23. The van der Waals surface area contributed by atoms with Crippen molar-refractivity contribution in [1.29, 1.82) is 0 Å². The van der Waals surface area contributed by atoms with Crippen LogP contribution in [0.15, 0.2) is 12.4 Å². The number of nitrogens with one attached hydrogen (secondary N) is 2. The van der Waals surface area contributed by atoms with Gasteiger partial charge in [0.05, 0.1) is 17.4 Å². The minimum absolute atomic E-state index is 0.160. The van der Waals surface area contributed by atoms with Gasteiger partial charge in [-0.15, -0.1) is 0 Å². The van der Waals surface area contributed by atoms with Crippen LogP contribution in [0.1, 0.15) is 46.1 Å². The van der Waals surface area contributed by atoms with E-state index in [1.165, 1.54) is 0 Å². The number of H-pyrrole nitrogens is 1. The molecule has 0 saturated carbocycles. The highest BCUT2D eigenvalue weighted by atomic mass is 32.2. The summed E-state index contributed by atoms with van der Waals surface area (Å²) in [7, 11) is 0. The SMILES string of the molecule is Cc1nccnc1C(C)NC(=O)c1n[nH]c2c1CSCC2. The van der Waals surface area contributed by atoms with Crippen molar-refractivity contribution in [3.05, 3.63) is 40.7 Å². The molecule has 0 aliphatic carbocycles. The number of nitrogens with zero attached hydrogens (tertiary/aromatic N) is 3. The summed E-state index contributed by atoms with van der Waals surface area (Å²) in [6.07, 6.45) is 4.23. The van der Waals surface area contributed by atoms with Gasteiger partial charge in [0.2, 0.25) is 0 Å². The highest BCUT2D eigenvalue weighted by Gasteiger charge is 2.23. The lowest BCUT2D eigenvalue weighted by molar-refractivity contribution is 0.0933. The quantitative estimate of drug-likeness (QED) is 0.903. The van der Waals surface area contributed by atoms with E-state index >= 15 is 0 Å². The predicted molar refractivity (Wildman–Crippen MR) is 81.1 cm³/mol. The fourth-order valence-electron chi connectivity index (χ4n) is 2.48. The van der Waals surface area contributed by atoms with Crippen LogP contribution in [-0.4, -0.2) is 31.8 Å². The summed E-state index contributed by atoms with van der Waals surface area (Å²) in [5.74, 6) is 1.76. The first-order valence-electron chi connectivity index (χ1n) is 6.89. The van der Waals surface area contributed by atoms with Crippen molar-refractivity contribution in [2.45, 2.75) is 32.1 Å². The van der Waals surface area contributed by atoms with E-state index in [1.807, 2.05) is 25.6 Å². The summed E-state index contributed by atoms with van der Waals surface area (Å²) < 4.78 is 0. The van der Waals surface area contributed by atoms with Crippen molar-refractivity contribution in [3.8, 4) is 0 Å². The number of amides is 1. The Morgan fingerprint density at radius 3 is 3.05 bits per heavy atom. The first-order chi connectivity index (χ1) is 10.2. The van der Waals surface area contributed by atoms with Gasteiger partial charge in [-0.2, -0.15) is 16.9 Å². The lowest BCUT2D eigenvalue weighted by atomic mass is 10.1. The average molecular weight is 303 g/mol. The molecular formula is C14H17N5OS. The molecule has 0 bridgehead atoms. The molecule has 1 aliphatic heterocycles. The number of rotatable bonds is 3. The third-order valence-electron chi connectivity index (χ3n) is 3.59. The van der Waals surface area contributed by atoms with E-state index in [2.05, 4.69) is 25.5 Å². The van der Waals surface area contributed by atoms with Gasteiger partial charge in [-0.1, -0.05) is 0 Å². The second kappa shape index (κ2) is 5.85. The Morgan fingerprint density at radius 1 is 1.43 bits per heavy atom. The number of aryl methyl sites for hydroxylation is 2. The lowest BCUT2D eigenvalue weighted by Gasteiger charge is -2.15. The average Bonchev–Trinajstić information content (AvgIpc) is 2.91. The van der Waals surface area contributed by atoms with Crippen molar-refractivity contribution in [2.24, 2.45) is 0 Å². The monoisotopic (exact) mass is 303 g/mol. The van der Waals surface area contributed by atoms with Crippen LogP contribution in [0.4, 0.5) is 0 Å².